The van der Waals surface area contributed by atoms with Crippen LogP contribution >= 0.6 is 15.9 Å². The third-order valence-electron chi connectivity index (χ3n) is 3.54. The van der Waals surface area contributed by atoms with Gasteiger partial charge in [-0.05, 0) is 17.7 Å². The molecule has 1 aliphatic rings. The van der Waals surface area contributed by atoms with Crippen LogP contribution in [0, 0.1) is 0 Å². The molecule has 1 aromatic carbocycles. The number of carbonyl (C=O) groups excluding carboxylic acids is 1. The number of rotatable bonds is 2. The minimum Gasteiger partial charge on any atom is -0.361 e. The molecule has 0 bridgehead atoms. The van der Waals surface area contributed by atoms with Gasteiger partial charge in [0, 0.05) is 47.8 Å². The van der Waals surface area contributed by atoms with Crippen LogP contribution in [-0.4, -0.2) is 42.0 Å². The van der Waals surface area contributed by atoms with Crippen molar-refractivity contribution in [3.05, 3.63) is 34.4 Å². The van der Waals surface area contributed by atoms with E-state index in [1.165, 1.54) is 0 Å². The van der Waals surface area contributed by atoms with Gasteiger partial charge in [0.1, 0.15) is 0 Å². The Labute approximate surface area is 120 Å². The van der Waals surface area contributed by atoms with Crippen LogP contribution in [0.3, 0.4) is 0 Å². The number of amides is 1. The molecule has 0 spiro atoms. The van der Waals surface area contributed by atoms with E-state index in [1.54, 1.807) is 0 Å². The fourth-order valence-electron chi connectivity index (χ4n) is 2.49. The normalized spacial score (nSPS) is 15.9. The van der Waals surface area contributed by atoms with Crippen molar-refractivity contribution in [3.8, 4) is 0 Å². The largest absolute Gasteiger partial charge is 0.361 e. The summed E-state index contributed by atoms with van der Waals surface area (Å²) in [4.78, 5) is 17.4. The number of H-pyrrole nitrogens is 1. The van der Waals surface area contributed by atoms with E-state index in [-0.39, 0.29) is 5.91 Å². The summed E-state index contributed by atoms with van der Waals surface area (Å²) in [6.45, 7) is 3.42. The molecule has 100 valence electrons. The van der Waals surface area contributed by atoms with Crippen LogP contribution in [0.15, 0.2) is 28.9 Å². The summed E-state index contributed by atoms with van der Waals surface area (Å²) in [5, 5.41) is 4.39. The minimum absolute atomic E-state index is 0.213. The van der Waals surface area contributed by atoms with Gasteiger partial charge in [-0.1, -0.05) is 22.0 Å². The monoisotopic (exact) mass is 321 g/mol. The summed E-state index contributed by atoms with van der Waals surface area (Å²) in [6, 6.07) is 6.10. The zero-order valence-electron chi connectivity index (χ0n) is 10.6. The molecule has 5 heteroatoms. The smallest absolute Gasteiger partial charge is 0.227 e. The maximum absolute atomic E-state index is 12.3. The molecule has 0 saturated carbocycles. The molecule has 2 heterocycles. The van der Waals surface area contributed by atoms with Gasteiger partial charge < -0.3 is 15.2 Å². The number of nitrogens with zero attached hydrogens (tertiary/aromatic N) is 1. The van der Waals surface area contributed by atoms with Crippen LogP contribution < -0.4 is 5.32 Å². The Balaban J connectivity index is 1.79. The van der Waals surface area contributed by atoms with Gasteiger partial charge in [-0.3, -0.25) is 4.79 Å². The molecule has 1 fully saturated rings. The zero-order chi connectivity index (χ0) is 13.2. The molecule has 0 aliphatic carbocycles. The van der Waals surface area contributed by atoms with Crippen molar-refractivity contribution in [2.24, 2.45) is 0 Å². The molecule has 0 radical (unpaired) electrons. The Hall–Kier alpha value is -1.33. The Morgan fingerprint density at radius 2 is 2.11 bits per heavy atom. The highest BCUT2D eigenvalue weighted by Crippen LogP contribution is 2.23. The van der Waals surface area contributed by atoms with Gasteiger partial charge >= 0.3 is 0 Å². The Morgan fingerprint density at radius 1 is 1.32 bits per heavy atom. The van der Waals surface area contributed by atoms with E-state index in [0.717, 1.165) is 47.1 Å². The number of fused-ring (bicyclic) bond motifs is 1. The quantitative estimate of drug-likeness (QED) is 0.887. The first kappa shape index (κ1) is 12.7. The maximum Gasteiger partial charge on any atom is 0.227 e. The van der Waals surface area contributed by atoms with Crippen LogP contribution in [0.4, 0.5) is 0 Å². The summed E-state index contributed by atoms with van der Waals surface area (Å²) >= 11 is 3.45. The lowest BCUT2D eigenvalue weighted by Gasteiger charge is -2.27. The summed E-state index contributed by atoms with van der Waals surface area (Å²) in [6.07, 6.45) is 2.42. The van der Waals surface area contributed by atoms with Gasteiger partial charge in [-0.2, -0.15) is 0 Å². The number of hydrogen-bond donors (Lipinski definition) is 2. The van der Waals surface area contributed by atoms with Crippen molar-refractivity contribution >= 4 is 32.7 Å². The lowest BCUT2D eigenvalue weighted by Crippen LogP contribution is -2.46. The molecule has 1 saturated heterocycles. The molecule has 2 N–H and O–H groups in total. The average molecular weight is 322 g/mol. The van der Waals surface area contributed by atoms with Crippen LogP contribution in [0.5, 0.6) is 0 Å². The summed E-state index contributed by atoms with van der Waals surface area (Å²) in [7, 11) is 0. The minimum atomic E-state index is 0.213. The Morgan fingerprint density at radius 3 is 2.89 bits per heavy atom. The lowest BCUT2D eigenvalue weighted by molar-refractivity contribution is -0.131. The van der Waals surface area contributed by atoms with Crippen molar-refractivity contribution in [3.63, 3.8) is 0 Å². The number of carbonyl (C=O) groups is 1. The lowest BCUT2D eigenvalue weighted by atomic mass is 10.1. The van der Waals surface area contributed by atoms with E-state index in [9.17, 15) is 4.79 Å². The molecular weight excluding hydrogens is 306 g/mol. The van der Waals surface area contributed by atoms with Gasteiger partial charge in [0.05, 0.1) is 6.42 Å². The molecule has 1 amide bonds. The van der Waals surface area contributed by atoms with E-state index in [1.807, 2.05) is 23.2 Å². The fourth-order valence-corrected chi connectivity index (χ4v) is 2.85. The van der Waals surface area contributed by atoms with Gasteiger partial charge in [0.15, 0.2) is 0 Å². The number of piperazine rings is 1. The van der Waals surface area contributed by atoms with E-state index in [4.69, 9.17) is 0 Å². The summed E-state index contributed by atoms with van der Waals surface area (Å²) in [5.41, 5.74) is 2.14. The number of hydrogen-bond acceptors (Lipinski definition) is 2. The molecule has 1 aromatic heterocycles. The number of aromatic nitrogens is 1. The molecule has 3 rings (SSSR count). The fraction of sp³-hybridized carbons (Fsp3) is 0.357. The van der Waals surface area contributed by atoms with Crippen molar-refractivity contribution in [2.45, 2.75) is 6.42 Å². The van der Waals surface area contributed by atoms with Crippen LogP contribution in [0.25, 0.3) is 10.9 Å². The molecule has 0 atom stereocenters. The first-order valence-corrected chi connectivity index (χ1v) is 7.27. The van der Waals surface area contributed by atoms with Gasteiger partial charge in [-0.25, -0.2) is 0 Å². The highest BCUT2D eigenvalue weighted by molar-refractivity contribution is 9.10. The predicted octanol–water partition coefficient (Wildman–Crippen LogP) is 1.90. The predicted molar refractivity (Wildman–Crippen MR) is 79.2 cm³/mol. The second-order valence-corrected chi connectivity index (χ2v) is 5.73. The standard InChI is InChI=1S/C14H16BrN3O/c15-11-1-2-12-10(9-17-13(12)8-11)7-14(19)18-5-3-16-4-6-18/h1-2,8-9,16-17H,3-7H2. The topological polar surface area (TPSA) is 48.1 Å². The maximum atomic E-state index is 12.3. The molecule has 1 aliphatic heterocycles. The molecule has 2 aromatic rings. The average Bonchev–Trinajstić information content (AvgIpc) is 2.82. The van der Waals surface area contributed by atoms with E-state index >= 15 is 0 Å². The van der Waals surface area contributed by atoms with Gasteiger partial charge in [-0.15, -0.1) is 0 Å². The first-order valence-electron chi connectivity index (χ1n) is 6.48. The van der Waals surface area contributed by atoms with Gasteiger partial charge in [0.25, 0.3) is 0 Å². The highest BCUT2D eigenvalue weighted by atomic mass is 79.9. The van der Waals surface area contributed by atoms with Gasteiger partial charge in [0.2, 0.25) is 5.91 Å². The van der Waals surface area contributed by atoms with Crippen molar-refractivity contribution in [1.29, 1.82) is 0 Å². The van der Waals surface area contributed by atoms with Crippen LogP contribution in [-0.2, 0) is 11.2 Å². The number of aromatic amines is 1. The summed E-state index contributed by atoms with van der Waals surface area (Å²) < 4.78 is 1.04. The zero-order valence-corrected chi connectivity index (χ0v) is 12.2. The first-order chi connectivity index (χ1) is 9.24. The Kier molecular flexibility index (Phi) is 3.57. The van der Waals surface area contributed by atoms with E-state index in [2.05, 4.69) is 32.3 Å². The van der Waals surface area contributed by atoms with E-state index < -0.39 is 0 Å². The Bertz CT molecular complexity index is 602. The third kappa shape index (κ3) is 2.67. The van der Waals surface area contributed by atoms with Crippen LogP contribution in [0.1, 0.15) is 5.56 Å². The molecule has 19 heavy (non-hydrogen) atoms. The second kappa shape index (κ2) is 5.35. The van der Waals surface area contributed by atoms with Crippen molar-refractivity contribution in [2.75, 3.05) is 26.2 Å². The van der Waals surface area contributed by atoms with E-state index in [0.29, 0.717) is 6.42 Å². The number of nitrogens with one attached hydrogen (secondary N) is 2. The number of benzene rings is 1. The van der Waals surface area contributed by atoms with Crippen LogP contribution in [0.2, 0.25) is 0 Å². The molecule has 4 nitrogen and oxygen atoms in total. The number of halogens is 1. The molecule has 0 unspecified atom stereocenters. The highest BCUT2D eigenvalue weighted by Gasteiger charge is 2.17. The second-order valence-electron chi connectivity index (χ2n) is 4.81. The van der Waals surface area contributed by atoms with Crippen molar-refractivity contribution < 1.29 is 4.79 Å². The third-order valence-corrected chi connectivity index (χ3v) is 4.03. The SMILES string of the molecule is O=C(Cc1c[nH]c2cc(Br)ccc12)N1CCNCC1. The van der Waals surface area contributed by atoms with Crippen molar-refractivity contribution in [1.82, 2.24) is 15.2 Å². The summed E-state index contributed by atoms with van der Waals surface area (Å²) in [5.74, 6) is 0.213. The molecular formula is C14H16BrN3O.